The van der Waals surface area contributed by atoms with Crippen molar-refractivity contribution in [3.8, 4) is 5.75 Å². The van der Waals surface area contributed by atoms with Gasteiger partial charge in [0.15, 0.2) is 0 Å². The van der Waals surface area contributed by atoms with E-state index in [-0.39, 0.29) is 4.90 Å². The Morgan fingerprint density at radius 1 is 1.18 bits per heavy atom. The summed E-state index contributed by atoms with van der Waals surface area (Å²) >= 11 is 1.73. The number of benzene rings is 1. The monoisotopic (exact) mass is 418 g/mol. The Morgan fingerprint density at radius 2 is 1.96 bits per heavy atom. The number of rotatable bonds is 5. The highest BCUT2D eigenvalue weighted by Gasteiger charge is 2.24. The van der Waals surface area contributed by atoms with Crippen molar-refractivity contribution in [2.75, 3.05) is 26.5 Å². The minimum atomic E-state index is -3.64. The normalized spacial score (nSPS) is 14.3. The molecule has 0 fully saturated rings. The van der Waals surface area contributed by atoms with Gasteiger partial charge in [-0.2, -0.15) is 0 Å². The molecule has 3 aromatic rings. The van der Waals surface area contributed by atoms with E-state index in [0.29, 0.717) is 17.3 Å². The smallest absolute Gasteiger partial charge is 0.246 e. The molecule has 0 saturated heterocycles. The van der Waals surface area contributed by atoms with Gasteiger partial charge in [-0.3, -0.25) is 0 Å². The summed E-state index contributed by atoms with van der Waals surface area (Å²) in [5.41, 5.74) is 1.96. The number of thiophene rings is 1. The minimum absolute atomic E-state index is 0.114. The maximum absolute atomic E-state index is 12.7. The summed E-state index contributed by atoms with van der Waals surface area (Å²) in [6.45, 7) is 0. The maximum atomic E-state index is 12.7. The molecule has 0 saturated carbocycles. The van der Waals surface area contributed by atoms with Crippen LogP contribution in [0.3, 0.4) is 0 Å². The van der Waals surface area contributed by atoms with Crippen LogP contribution in [0.4, 0.5) is 11.5 Å². The number of hydrogen-bond acceptors (Lipinski definition) is 7. The van der Waals surface area contributed by atoms with Gasteiger partial charge in [0.2, 0.25) is 10.0 Å². The molecule has 7 nitrogen and oxygen atoms in total. The quantitative estimate of drug-likeness (QED) is 0.682. The molecule has 2 heterocycles. The van der Waals surface area contributed by atoms with Crippen molar-refractivity contribution in [1.82, 2.24) is 14.3 Å². The van der Waals surface area contributed by atoms with E-state index in [4.69, 9.17) is 4.74 Å². The third-order valence-corrected chi connectivity index (χ3v) is 7.97. The van der Waals surface area contributed by atoms with Crippen LogP contribution in [0.15, 0.2) is 29.4 Å². The lowest BCUT2D eigenvalue weighted by molar-refractivity contribution is 0.400. The van der Waals surface area contributed by atoms with Gasteiger partial charge in [0.25, 0.3) is 0 Å². The zero-order valence-corrected chi connectivity index (χ0v) is 17.7. The van der Waals surface area contributed by atoms with Crippen molar-refractivity contribution in [3.05, 3.63) is 35.0 Å². The largest absolute Gasteiger partial charge is 0.495 e. The third kappa shape index (κ3) is 3.23. The molecule has 1 aliphatic rings. The molecule has 9 heteroatoms. The van der Waals surface area contributed by atoms with E-state index in [1.54, 1.807) is 35.9 Å². The zero-order chi connectivity index (χ0) is 19.9. The van der Waals surface area contributed by atoms with Gasteiger partial charge >= 0.3 is 0 Å². The number of anilines is 2. The number of nitrogens with one attached hydrogen (secondary N) is 1. The Bertz CT molecular complexity index is 1140. The molecule has 0 unspecified atom stereocenters. The Balaban J connectivity index is 1.79. The topological polar surface area (TPSA) is 84.4 Å². The molecule has 28 heavy (non-hydrogen) atoms. The summed E-state index contributed by atoms with van der Waals surface area (Å²) in [5.74, 6) is 1.02. The van der Waals surface area contributed by atoms with E-state index in [2.05, 4.69) is 15.3 Å². The molecule has 4 rings (SSSR count). The number of aromatic nitrogens is 2. The lowest BCUT2D eigenvalue weighted by Gasteiger charge is -2.16. The maximum Gasteiger partial charge on any atom is 0.246 e. The second-order valence-corrected chi connectivity index (χ2v) is 10.1. The van der Waals surface area contributed by atoms with Gasteiger partial charge in [-0.1, -0.05) is 0 Å². The van der Waals surface area contributed by atoms with Gasteiger partial charge in [0.05, 0.1) is 12.5 Å². The van der Waals surface area contributed by atoms with Gasteiger partial charge in [0.1, 0.15) is 27.6 Å². The first-order valence-corrected chi connectivity index (χ1v) is 11.3. The molecule has 0 radical (unpaired) electrons. The Hall–Kier alpha value is -2.23. The van der Waals surface area contributed by atoms with Crippen molar-refractivity contribution in [3.63, 3.8) is 0 Å². The first kappa shape index (κ1) is 19.1. The molecule has 1 aromatic carbocycles. The molecule has 1 N–H and O–H groups in total. The van der Waals surface area contributed by atoms with E-state index in [1.807, 2.05) is 0 Å². The molecule has 0 amide bonds. The Kier molecular flexibility index (Phi) is 4.98. The van der Waals surface area contributed by atoms with Crippen molar-refractivity contribution in [1.29, 1.82) is 0 Å². The Labute approximate surface area is 168 Å². The van der Waals surface area contributed by atoms with E-state index >= 15 is 0 Å². The predicted octanol–water partition coefficient (Wildman–Crippen LogP) is 3.57. The first-order chi connectivity index (χ1) is 13.4. The van der Waals surface area contributed by atoms with Crippen LogP contribution in [0.1, 0.15) is 23.3 Å². The molecule has 0 spiro atoms. The lowest BCUT2D eigenvalue weighted by atomic mass is 9.97. The van der Waals surface area contributed by atoms with Crippen molar-refractivity contribution in [2.24, 2.45) is 0 Å². The van der Waals surface area contributed by atoms with Crippen LogP contribution < -0.4 is 10.1 Å². The number of hydrogen-bond donors (Lipinski definition) is 1. The minimum Gasteiger partial charge on any atom is -0.495 e. The summed E-state index contributed by atoms with van der Waals surface area (Å²) < 4.78 is 31.8. The van der Waals surface area contributed by atoms with Crippen LogP contribution in [0.25, 0.3) is 10.2 Å². The number of fused-ring (bicyclic) bond motifs is 3. The van der Waals surface area contributed by atoms with E-state index < -0.39 is 10.0 Å². The van der Waals surface area contributed by atoms with Crippen LogP contribution >= 0.6 is 11.3 Å². The zero-order valence-electron chi connectivity index (χ0n) is 16.0. The second kappa shape index (κ2) is 7.31. The molecule has 148 valence electrons. The highest BCUT2D eigenvalue weighted by Crippen LogP contribution is 2.39. The highest BCUT2D eigenvalue weighted by molar-refractivity contribution is 7.89. The van der Waals surface area contributed by atoms with E-state index in [9.17, 15) is 8.42 Å². The van der Waals surface area contributed by atoms with Gasteiger partial charge in [-0.25, -0.2) is 22.7 Å². The fourth-order valence-electron chi connectivity index (χ4n) is 3.47. The molecule has 2 aromatic heterocycles. The van der Waals surface area contributed by atoms with Crippen LogP contribution in [0.5, 0.6) is 5.75 Å². The molecule has 0 atom stereocenters. The van der Waals surface area contributed by atoms with Gasteiger partial charge < -0.3 is 10.1 Å². The summed E-state index contributed by atoms with van der Waals surface area (Å²) in [5, 5.41) is 4.35. The van der Waals surface area contributed by atoms with E-state index in [1.165, 1.54) is 48.8 Å². The SMILES string of the molecule is COc1ccc(Nc2ncnc3sc4c(c23)CCCC4)cc1S(=O)(=O)N(C)C. The van der Waals surface area contributed by atoms with Crippen LogP contribution in [0.2, 0.25) is 0 Å². The van der Waals surface area contributed by atoms with Crippen LogP contribution in [-0.2, 0) is 22.9 Å². The van der Waals surface area contributed by atoms with E-state index in [0.717, 1.165) is 23.1 Å². The van der Waals surface area contributed by atoms with Gasteiger partial charge in [-0.15, -0.1) is 11.3 Å². The summed E-state index contributed by atoms with van der Waals surface area (Å²) in [7, 11) is 0.819. The standard InChI is InChI=1S/C19H22N4O3S2/c1-23(2)28(24,25)16-10-12(8-9-14(16)26-3)22-18-17-13-6-4-5-7-15(13)27-19(17)21-11-20-18/h8-11H,4-7H2,1-3H3,(H,20,21,22). The van der Waals surface area contributed by atoms with Crippen molar-refractivity contribution >= 4 is 43.1 Å². The number of nitrogens with zero attached hydrogens (tertiary/aromatic N) is 3. The molecule has 1 aliphatic carbocycles. The fourth-order valence-corrected chi connectivity index (χ4v) is 5.78. The summed E-state index contributed by atoms with van der Waals surface area (Å²) in [4.78, 5) is 11.4. The molecule has 0 bridgehead atoms. The fraction of sp³-hybridized carbons (Fsp3) is 0.368. The molecular weight excluding hydrogens is 396 g/mol. The number of sulfonamides is 1. The summed E-state index contributed by atoms with van der Waals surface area (Å²) in [6, 6.07) is 5.03. The van der Waals surface area contributed by atoms with Crippen LogP contribution in [-0.4, -0.2) is 43.9 Å². The number of aryl methyl sites for hydroxylation is 2. The molecular formula is C19H22N4O3S2. The summed E-state index contributed by atoms with van der Waals surface area (Å²) in [6.07, 6.45) is 6.04. The van der Waals surface area contributed by atoms with Crippen molar-refractivity contribution in [2.45, 2.75) is 30.6 Å². The third-order valence-electron chi connectivity index (χ3n) is 4.94. The van der Waals surface area contributed by atoms with Gasteiger partial charge in [-0.05, 0) is 49.4 Å². The highest BCUT2D eigenvalue weighted by atomic mass is 32.2. The average Bonchev–Trinajstić information content (AvgIpc) is 3.07. The first-order valence-electron chi connectivity index (χ1n) is 9.04. The molecule has 0 aliphatic heterocycles. The average molecular weight is 419 g/mol. The predicted molar refractivity (Wildman–Crippen MR) is 111 cm³/mol. The lowest BCUT2D eigenvalue weighted by Crippen LogP contribution is -2.22. The van der Waals surface area contributed by atoms with Crippen molar-refractivity contribution < 1.29 is 13.2 Å². The number of methoxy groups -OCH3 is 1. The van der Waals surface area contributed by atoms with Crippen LogP contribution in [0, 0.1) is 0 Å². The number of ether oxygens (including phenoxy) is 1. The van der Waals surface area contributed by atoms with Gasteiger partial charge in [0, 0.05) is 24.7 Å². The second-order valence-electron chi connectivity index (χ2n) is 6.89. The Morgan fingerprint density at radius 3 is 2.71 bits per heavy atom.